The van der Waals surface area contributed by atoms with Gasteiger partial charge in [0.2, 0.25) is 11.7 Å². The van der Waals surface area contributed by atoms with Crippen LogP contribution in [0.25, 0.3) is 22.1 Å². The summed E-state index contributed by atoms with van der Waals surface area (Å²) >= 11 is 0. The van der Waals surface area contributed by atoms with E-state index in [0.717, 1.165) is 0 Å². The molecule has 2 aliphatic heterocycles. The van der Waals surface area contributed by atoms with Gasteiger partial charge in [0.15, 0.2) is 17.8 Å². The molecule has 1 aromatic heterocycles. The molecule has 0 saturated carbocycles. The van der Waals surface area contributed by atoms with Gasteiger partial charge in [-0.3, -0.25) is 4.79 Å². The molecule has 0 spiro atoms. The fraction of sp³-hybridized carbons (Fsp3) is 0.464. The molecule has 15 nitrogen and oxygen atoms in total. The Morgan fingerprint density at radius 3 is 2.42 bits per heavy atom. The van der Waals surface area contributed by atoms with Crippen LogP contribution in [0.5, 0.6) is 23.0 Å². The number of benzene rings is 2. The van der Waals surface area contributed by atoms with Crippen LogP contribution in [0.2, 0.25) is 0 Å². The number of aromatic hydroxyl groups is 1. The number of methoxy groups -OCH3 is 2. The quantitative estimate of drug-likeness (QED) is 0.152. The van der Waals surface area contributed by atoms with Crippen molar-refractivity contribution in [3.8, 4) is 34.1 Å². The second-order valence-electron chi connectivity index (χ2n) is 10.2. The number of rotatable bonds is 9. The number of phenols is 1. The fourth-order valence-electron chi connectivity index (χ4n) is 4.86. The first-order chi connectivity index (χ1) is 20.5. The zero-order chi connectivity index (χ0) is 31.1. The van der Waals surface area contributed by atoms with Gasteiger partial charge in [-0.2, -0.15) is 0 Å². The SMILES string of the molecule is COc1cc(O)c2c(=O)c(-c3ccc(O[C@H]4O[C@@H](CO[C@H]5OC[C@@](O)(CO)[C@H]5O)[C@@H](O)[C@@H](O)[C@H]4O)c(OC)c3)coc2c1. The van der Waals surface area contributed by atoms with E-state index in [1.165, 1.54) is 50.8 Å². The monoisotopic (exact) mass is 608 g/mol. The number of ether oxygens (including phenoxy) is 6. The highest BCUT2D eigenvalue weighted by atomic mass is 16.7. The Morgan fingerprint density at radius 1 is 0.977 bits per heavy atom. The molecular weight excluding hydrogens is 576 g/mol. The molecule has 8 atom stereocenters. The molecule has 2 aliphatic rings. The molecule has 3 aromatic rings. The second kappa shape index (κ2) is 12.2. The van der Waals surface area contributed by atoms with Gasteiger partial charge in [-0.15, -0.1) is 0 Å². The molecule has 0 bridgehead atoms. The van der Waals surface area contributed by atoms with E-state index in [1.54, 1.807) is 0 Å². The van der Waals surface area contributed by atoms with Gasteiger partial charge in [-0.1, -0.05) is 6.07 Å². The lowest BCUT2D eigenvalue weighted by Crippen LogP contribution is -2.60. The largest absolute Gasteiger partial charge is 0.507 e. The normalized spacial score (nSPS) is 30.8. The Hall–Kier alpha value is -3.51. The smallest absolute Gasteiger partial charge is 0.229 e. The van der Waals surface area contributed by atoms with Gasteiger partial charge in [0.25, 0.3) is 0 Å². The van der Waals surface area contributed by atoms with E-state index >= 15 is 0 Å². The zero-order valence-electron chi connectivity index (χ0n) is 23.0. The van der Waals surface area contributed by atoms with E-state index in [0.29, 0.717) is 11.3 Å². The molecule has 234 valence electrons. The van der Waals surface area contributed by atoms with E-state index < -0.39 is 74.0 Å². The maximum Gasteiger partial charge on any atom is 0.229 e. The minimum Gasteiger partial charge on any atom is -0.507 e. The molecule has 7 N–H and O–H groups in total. The lowest BCUT2D eigenvalue weighted by Gasteiger charge is -2.40. The minimum absolute atomic E-state index is 0.0406. The molecule has 5 rings (SSSR count). The third-order valence-corrected chi connectivity index (χ3v) is 7.46. The van der Waals surface area contributed by atoms with Crippen molar-refractivity contribution in [3.05, 3.63) is 46.8 Å². The average molecular weight is 609 g/mol. The maximum atomic E-state index is 13.2. The molecular formula is C28H32O15. The third-order valence-electron chi connectivity index (χ3n) is 7.46. The van der Waals surface area contributed by atoms with Crippen molar-refractivity contribution in [1.82, 2.24) is 0 Å². The molecule has 2 fully saturated rings. The van der Waals surface area contributed by atoms with Crippen molar-refractivity contribution < 1.29 is 68.6 Å². The highest BCUT2D eigenvalue weighted by Crippen LogP contribution is 2.36. The number of aliphatic hydroxyl groups is 6. The van der Waals surface area contributed by atoms with Crippen molar-refractivity contribution in [2.75, 3.05) is 34.0 Å². The molecule has 15 heteroatoms. The summed E-state index contributed by atoms with van der Waals surface area (Å²) in [5.41, 5.74) is -1.87. The number of aliphatic hydroxyl groups excluding tert-OH is 5. The molecule has 2 aromatic carbocycles. The lowest BCUT2D eigenvalue weighted by atomic mass is 9.99. The molecule has 3 heterocycles. The predicted octanol–water partition coefficient (Wildman–Crippen LogP) is -1.17. The predicted molar refractivity (Wildman–Crippen MR) is 144 cm³/mol. The first kappa shape index (κ1) is 30.9. The highest BCUT2D eigenvalue weighted by molar-refractivity contribution is 5.88. The highest BCUT2D eigenvalue weighted by Gasteiger charge is 2.50. The summed E-state index contributed by atoms with van der Waals surface area (Å²) in [6.07, 6.45) is -9.61. The van der Waals surface area contributed by atoms with E-state index in [-0.39, 0.29) is 33.8 Å². The van der Waals surface area contributed by atoms with E-state index in [9.17, 15) is 40.5 Å². The van der Waals surface area contributed by atoms with Crippen LogP contribution in [0.15, 0.2) is 45.8 Å². The maximum absolute atomic E-state index is 13.2. The second-order valence-corrected chi connectivity index (χ2v) is 10.2. The topological polar surface area (TPSA) is 227 Å². The van der Waals surface area contributed by atoms with Crippen LogP contribution < -0.4 is 19.6 Å². The molecule has 0 amide bonds. The van der Waals surface area contributed by atoms with Crippen LogP contribution in [0, 0.1) is 0 Å². The summed E-state index contributed by atoms with van der Waals surface area (Å²) in [5, 5.41) is 71.4. The van der Waals surface area contributed by atoms with Crippen molar-refractivity contribution >= 4 is 11.0 Å². The van der Waals surface area contributed by atoms with Crippen molar-refractivity contribution in [2.24, 2.45) is 0 Å². The summed E-state index contributed by atoms with van der Waals surface area (Å²) in [5.74, 6) is 0.128. The Balaban J connectivity index is 1.34. The fourth-order valence-corrected chi connectivity index (χ4v) is 4.86. The van der Waals surface area contributed by atoms with Crippen LogP contribution >= 0.6 is 0 Å². The molecule has 0 unspecified atom stereocenters. The summed E-state index contributed by atoms with van der Waals surface area (Å²) in [7, 11) is 2.74. The molecule has 2 saturated heterocycles. The van der Waals surface area contributed by atoms with Gasteiger partial charge >= 0.3 is 0 Å². The number of phenolic OH excluding ortho intramolecular Hbond substituents is 1. The Morgan fingerprint density at radius 2 is 1.74 bits per heavy atom. The molecule has 0 radical (unpaired) electrons. The summed E-state index contributed by atoms with van der Waals surface area (Å²) in [6.45, 7) is -1.63. The van der Waals surface area contributed by atoms with E-state index in [4.69, 9.17) is 32.8 Å². The number of fused-ring (bicyclic) bond motifs is 1. The Bertz CT molecular complexity index is 1510. The Labute approximate surface area is 243 Å². The molecule has 0 aliphatic carbocycles. The Kier molecular flexibility index (Phi) is 8.80. The minimum atomic E-state index is -1.93. The van der Waals surface area contributed by atoms with Crippen LogP contribution in [-0.2, 0) is 14.2 Å². The van der Waals surface area contributed by atoms with Crippen LogP contribution in [0.4, 0.5) is 0 Å². The first-order valence-electron chi connectivity index (χ1n) is 13.1. The number of hydrogen-bond donors (Lipinski definition) is 7. The molecule has 43 heavy (non-hydrogen) atoms. The summed E-state index contributed by atoms with van der Waals surface area (Å²) in [6, 6.07) is 7.13. The van der Waals surface area contributed by atoms with E-state index in [1.807, 2.05) is 0 Å². The standard InChI is InChI=1S/C28H32O15/c1-37-13-6-15(30)20-18(7-13)39-8-14(21(20)31)12-3-4-16(17(5-12)38-2)42-26-24(34)23(33)22(32)19(43-26)9-40-27-25(35)28(36,10-29)11-41-27/h3-8,19,22-27,29-30,32-36H,9-11H2,1-2H3/t19-,22+,23+,24+,25-,26-,27-,28-/m0/s1. The van der Waals surface area contributed by atoms with Crippen LogP contribution in [0.3, 0.4) is 0 Å². The first-order valence-corrected chi connectivity index (χ1v) is 13.1. The van der Waals surface area contributed by atoms with Gasteiger partial charge in [-0.25, -0.2) is 0 Å². The lowest BCUT2D eigenvalue weighted by molar-refractivity contribution is -0.289. The van der Waals surface area contributed by atoms with Crippen molar-refractivity contribution in [2.45, 2.75) is 48.7 Å². The van der Waals surface area contributed by atoms with Crippen molar-refractivity contribution in [1.29, 1.82) is 0 Å². The summed E-state index contributed by atoms with van der Waals surface area (Å²) in [4.78, 5) is 13.2. The zero-order valence-corrected chi connectivity index (χ0v) is 23.0. The van der Waals surface area contributed by atoms with E-state index in [2.05, 4.69) is 0 Å². The third kappa shape index (κ3) is 5.74. The summed E-state index contributed by atoms with van der Waals surface area (Å²) < 4.78 is 38.1. The van der Waals surface area contributed by atoms with Gasteiger partial charge in [0, 0.05) is 12.1 Å². The number of hydrogen-bond acceptors (Lipinski definition) is 15. The van der Waals surface area contributed by atoms with Gasteiger partial charge < -0.3 is 68.6 Å². The van der Waals surface area contributed by atoms with Gasteiger partial charge in [0.1, 0.15) is 64.9 Å². The van der Waals surface area contributed by atoms with Crippen molar-refractivity contribution in [3.63, 3.8) is 0 Å². The van der Waals surface area contributed by atoms with Gasteiger partial charge in [0.05, 0.1) is 39.6 Å². The van der Waals surface area contributed by atoms with Gasteiger partial charge in [-0.05, 0) is 17.7 Å². The van der Waals surface area contributed by atoms with Crippen LogP contribution in [-0.4, -0.2) is 118 Å². The average Bonchev–Trinajstić information content (AvgIpc) is 3.30. The van der Waals surface area contributed by atoms with Crippen LogP contribution in [0.1, 0.15) is 0 Å².